The van der Waals surface area contributed by atoms with Crippen LogP contribution < -0.4 is 10.1 Å². The lowest BCUT2D eigenvalue weighted by Crippen LogP contribution is -2.21. The number of nitrogens with zero attached hydrogens (tertiary/aromatic N) is 1. The van der Waals surface area contributed by atoms with Crippen LogP contribution in [0.25, 0.3) is 0 Å². The zero-order chi connectivity index (χ0) is 15.2. The fourth-order valence-corrected chi connectivity index (χ4v) is 2.16. The van der Waals surface area contributed by atoms with E-state index in [0.717, 1.165) is 17.8 Å². The van der Waals surface area contributed by atoms with Crippen LogP contribution in [0.15, 0.2) is 36.4 Å². The summed E-state index contributed by atoms with van der Waals surface area (Å²) in [6.45, 7) is 7.46. The smallest absolute Gasteiger partial charge is 0.214 e. The van der Waals surface area contributed by atoms with Crippen molar-refractivity contribution in [1.82, 2.24) is 10.3 Å². The summed E-state index contributed by atoms with van der Waals surface area (Å²) in [5.74, 6) is 0.635. The van der Waals surface area contributed by atoms with Crippen molar-refractivity contribution in [3.05, 3.63) is 58.2 Å². The van der Waals surface area contributed by atoms with Crippen LogP contribution in [0.3, 0.4) is 0 Å². The number of hydrogen-bond donors (Lipinski definition) is 1. The monoisotopic (exact) mass is 304 g/mol. The van der Waals surface area contributed by atoms with E-state index in [4.69, 9.17) is 16.3 Å². The number of rotatable bonds is 6. The molecule has 3 nitrogen and oxygen atoms in total. The number of ether oxygens (including phenoxy) is 1. The Morgan fingerprint density at radius 2 is 2.00 bits per heavy atom. The van der Waals surface area contributed by atoms with Gasteiger partial charge in [0.2, 0.25) is 5.88 Å². The van der Waals surface area contributed by atoms with Crippen molar-refractivity contribution in [3.63, 3.8) is 0 Å². The van der Waals surface area contributed by atoms with Crippen LogP contribution in [0.4, 0.5) is 0 Å². The Kier molecular flexibility index (Phi) is 5.59. The molecule has 2 rings (SSSR count). The molecule has 0 fully saturated rings. The summed E-state index contributed by atoms with van der Waals surface area (Å²) in [5, 5.41) is 4.11. The Morgan fingerprint density at radius 3 is 2.71 bits per heavy atom. The molecule has 1 N–H and O–H groups in total. The summed E-state index contributed by atoms with van der Waals surface area (Å²) in [6.07, 6.45) is 0. The van der Waals surface area contributed by atoms with Gasteiger partial charge in [0.25, 0.3) is 0 Å². The first-order valence-electron chi connectivity index (χ1n) is 7.12. The van der Waals surface area contributed by atoms with Crippen molar-refractivity contribution >= 4 is 11.6 Å². The summed E-state index contributed by atoms with van der Waals surface area (Å²) < 4.78 is 5.78. The molecule has 0 unspecified atom stereocenters. The van der Waals surface area contributed by atoms with Crippen molar-refractivity contribution in [3.8, 4) is 5.88 Å². The molecule has 0 amide bonds. The molecular weight excluding hydrogens is 284 g/mol. The molecule has 0 atom stereocenters. The Hall–Kier alpha value is -1.58. The van der Waals surface area contributed by atoms with Gasteiger partial charge in [0.1, 0.15) is 6.61 Å². The predicted molar refractivity (Wildman–Crippen MR) is 86.7 cm³/mol. The molecule has 21 heavy (non-hydrogen) atoms. The van der Waals surface area contributed by atoms with Gasteiger partial charge < -0.3 is 10.1 Å². The van der Waals surface area contributed by atoms with E-state index in [1.807, 2.05) is 37.3 Å². The highest BCUT2D eigenvalue weighted by Gasteiger charge is 2.04. The molecule has 0 aliphatic rings. The van der Waals surface area contributed by atoms with Crippen LogP contribution >= 0.6 is 11.6 Å². The van der Waals surface area contributed by atoms with E-state index in [-0.39, 0.29) is 0 Å². The molecule has 112 valence electrons. The second-order valence-corrected chi connectivity index (χ2v) is 5.78. The molecule has 0 spiro atoms. The molecule has 0 aliphatic carbocycles. The van der Waals surface area contributed by atoms with Crippen LogP contribution in [-0.4, -0.2) is 11.0 Å². The molecule has 4 heteroatoms. The van der Waals surface area contributed by atoms with Gasteiger partial charge in [-0.25, -0.2) is 4.98 Å². The minimum atomic E-state index is 0.424. The van der Waals surface area contributed by atoms with Gasteiger partial charge in [-0.15, -0.1) is 0 Å². The second kappa shape index (κ2) is 7.43. The number of benzene rings is 1. The van der Waals surface area contributed by atoms with Gasteiger partial charge in [-0.1, -0.05) is 43.6 Å². The molecule has 1 aromatic carbocycles. The van der Waals surface area contributed by atoms with Crippen molar-refractivity contribution < 1.29 is 4.74 Å². The van der Waals surface area contributed by atoms with Gasteiger partial charge in [-0.2, -0.15) is 0 Å². The maximum absolute atomic E-state index is 6.13. The minimum absolute atomic E-state index is 0.424. The molecule has 0 radical (unpaired) electrons. The van der Waals surface area contributed by atoms with Crippen LogP contribution in [0.2, 0.25) is 5.02 Å². The van der Waals surface area contributed by atoms with Gasteiger partial charge in [0.05, 0.1) is 0 Å². The van der Waals surface area contributed by atoms with Crippen LogP contribution in [0.1, 0.15) is 30.7 Å². The third-order valence-corrected chi connectivity index (χ3v) is 3.41. The fourth-order valence-electron chi connectivity index (χ4n) is 1.97. The third kappa shape index (κ3) is 5.03. The highest BCUT2D eigenvalue weighted by Crippen LogP contribution is 2.18. The number of nitrogens with one attached hydrogen (secondary N) is 1. The van der Waals surface area contributed by atoms with Gasteiger partial charge in [-0.05, 0) is 24.6 Å². The first-order valence-corrected chi connectivity index (χ1v) is 7.49. The molecule has 2 aromatic rings. The van der Waals surface area contributed by atoms with E-state index in [1.54, 1.807) is 0 Å². The Balaban J connectivity index is 2.04. The Morgan fingerprint density at radius 1 is 1.24 bits per heavy atom. The number of pyridine rings is 1. The lowest BCUT2D eigenvalue weighted by Gasteiger charge is -2.11. The predicted octanol–water partition coefficient (Wildman–Crippen LogP) is 4.12. The van der Waals surface area contributed by atoms with Crippen molar-refractivity contribution in [2.45, 2.75) is 40.0 Å². The van der Waals surface area contributed by atoms with Crippen molar-refractivity contribution in [2.24, 2.45) is 0 Å². The molecule has 0 bridgehead atoms. The zero-order valence-corrected chi connectivity index (χ0v) is 13.4. The number of hydrogen-bond acceptors (Lipinski definition) is 3. The van der Waals surface area contributed by atoms with Gasteiger partial charge in [-0.3, -0.25) is 0 Å². The van der Waals surface area contributed by atoms with E-state index < -0.39 is 0 Å². The molecule has 1 aromatic heterocycles. The lowest BCUT2D eigenvalue weighted by molar-refractivity contribution is 0.293. The van der Waals surface area contributed by atoms with E-state index in [0.29, 0.717) is 23.6 Å². The van der Waals surface area contributed by atoms with Crippen LogP contribution in [0, 0.1) is 6.92 Å². The van der Waals surface area contributed by atoms with Gasteiger partial charge in [0, 0.05) is 34.9 Å². The Bertz CT molecular complexity index is 599. The van der Waals surface area contributed by atoms with Gasteiger partial charge in [0.15, 0.2) is 0 Å². The standard InChI is InChI=1S/C17H21ClN2O/c1-12(2)19-10-14-8-13(3)20-17(9-14)21-11-15-6-4-5-7-16(15)18/h4-9,12,19H,10-11H2,1-3H3. The average Bonchev–Trinajstić information content (AvgIpc) is 2.44. The molecule has 0 saturated heterocycles. The van der Waals surface area contributed by atoms with Crippen LogP contribution in [-0.2, 0) is 13.2 Å². The maximum atomic E-state index is 6.13. The number of halogens is 1. The Labute approximate surface area is 131 Å². The molecular formula is C17H21ClN2O. The largest absolute Gasteiger partial charge is 0.473 e. The summed E-state index contributed by atoms with van der Waals surface area (Å²) in [5.41, 5.74) is 3.09. The number of aryl methyl sites for hydroxylation is 1. The summed E-state index contributed by atoms with van der Waals surface area (Å²) in [6, 6.07) is 12.2. The molecule has 1 heterocycles. The summed E-state index contributed by atoms with van der Waals surface area (Å²) >= 11 is 6.13. The second-order valence-electron chi connectivity index (χ2n) is 5.37. The average molecular weight is 305 g/mol. The zero-order valence-electron chi connectivity index (χ0n) is 12.7. The highest BCUT2D eigenvalue weighted by molar-refractivity contribution is 6.31. The fraction of sp³-hybridized carbons (Fsp3) is 0.353. The highest BCUT2D eigenvalue weighted by atomic mass is 35.5. The first-order chi connectivity index (χ1) is 10.0. The van der Waals surface area contributed by atoms with E-state index in [9.17, 15) is 0 Å². The van der Waals surface area contributed by atoms with E-state index >= 15 is 0 Å². The molecule has 0 aliphatic heterocycles. The summed E-state index contributed by atoms with van der Waals surface area (Å²) in [4.78, 5) is 4.41. The van der Waals surface area contributed by atoms with Crippen molar-refractivity contribution in [1.29, 1.82) is 0 Å². The lowest BCUT2D eigenvalue weighted by atomic mass is 10.2. The first kappa shape index (κ1) is 15.8. The maximum Gasteiger partial charge on any atom is 0.214 e. The van der Waals surface area contributed by atoms with Crippen LogP contribution in [0.5, 0.6) is 5.88 Å². The third-order valence-electron chi connectivity index (χ3n) is 3.04. The number of aromatic nitrogens is 1. The molecule has 0 saturated carbocycles. The topological polar surface area (TPSA) is 34.1 Å². The normalized spacial score (nSPS) is 10.9. The van der Waals surface area contributed by atoms with Crippen molar-refractivity contribution in [2.75, 3.05) is 0 Å². The SMILES string of the molecule is Cc1cc(CNC(C)C)cc(OCc2ccccc2Cl)n1. The van der Waals surface area contributed by atoms with Gasteiger partial charge >= 0.3 is 0 Å². The summed E-state index contributed by atoms with van der Waals surface area (Å²) in [7, 11) is 0. The quantitative estimate of drug-likeness (QED) is 0.871. The van der Waals surface area contributed by atoms with E-state index in [2.05, 4.69) is 30.2 Å². The van der Waals surface area contributed by atoms with E-state index in [1.165, 1.54) is 5.56 Å². The minimum Gasteiger partial charge on any atom is -0.473 e.